The van der Waals surface area contributed by atoms with Gasteiger partial charge in [0, 0.05) is 0 Å². The summed E-state index contributed by atoms with van der Waals surface area (Å²) in [5.41, 5.74) is -0.568. The van der Waals surface area contributed by atoms with Crippen LogP contribution in [0, 0.1) is 0 Å². The zero-order chi connectivity index (χ0) is 26.8. The largest absolute Gasteiger partial charge is 0.455 e. The summed E-state index contributed by atoms with van der Waals surface area (Å²) in [5, 5.41) is 15.1. The second kappa shape index (κ2) is 10.3. The van der Waals surface area contributed by atoms with E-state index in [1.807, 2.05) is 0 Å². The Morgan fingerprint density at radius 1 is 1.06 bits per heavy atom. The van der Waals surface area contributed by atoms with E-state index in [1.165, 1.54) is 4.90 Å². The number of nitrogens with one attached hydrogen (secondary N) is 2. The van der Waals surface area contributed by atoms with Crippen molar-refractivity contribution in [1.29, 1.82) is 0 Å². The zero-order valence-corrected chi connectivity index (χ0v) is 21.6. The van der Waals surface area contributed by atoms with Crippen LogP contribution in [0.2, 0.25) is 0 Å². The SMILES string of the molecule is CC(C)(C)OC(=O)N[C@@H](C(=O)N[C@@H]1C(=O)N2C(C(=O)OC(C)(C)C)=C(CO)CC[C@H]12)c1ccccc1. The maximum atomic E-state index is 13.3. The molecule has 2 aliphatic heterocycles. The van der Waals surface area contributed by atoms with Crippen molar-refractivity contribution in [3.8, 4) is 0 Å². The molecule has 0 radical (unpaired) electrons. The number of ether oxygens (including phenoxy) is 2. The van der Waals surface area contributed by atoms with Crippen molar-refractivity contribution in [2.45, 2.75) is 83.7 Å². The number of β-lactam (4-membered cyclic amide) rings is 1. The van der Waals surface area contributed by atoms with Gasteiger partial charge in [-0.15, -0.1) is 0 Å². The van der Waals surface area contributed by atoms with Crippen LogP contribution in [0.3, 0.4) is 0 Å². The number of rotatable bonds is 6. The monoisotopic (exact) mass is 501 g/mol. The fraction of sp³-hybridized carbons (Fsp3) is 0.538. The lowest BCUT2D eigenvalue weighted by Gasteiger charge is -2.50. The van der Waals surface area contributed by atoms with Crippen LogP contribution in [0.4, 0.5) is 4.79 Å². The Balaban J connectivity index is 1.79. The fourth-order valence-electron chi connectivity index (χ4n) is 4.22. The molecule has 1 aromatic rings. The quantitative estimate of drug-likeness (QED) is 0.402. The number of fused-ring (bicyclic) bond motifs is 1. The third-order valence-electron chi connectivity index (χ3n) is 5.67. The second-order valence-corrected chi connectivity index (χ2v) is 10.9. The van der Waals surface area contributed by atoms with Gasteiger partial charge in [-0.3, -0.25) is 14.5 Å². The lowest BCUT2D eigenvalue weighted by Crippen LogP contribution is -2.72. The first-order valence-corrected chi connectivity index (χ1v) is 12.0. The average molecular weight is 502 g/mol. The molecule has 3 atom stereocenters. The van der Waals surface area contributed by atoms with E-state index in [4.69, 9.17) is 9.47 Å². The van der Waals surface area contributed by atoms with Gasteiger partial charge in [-0.1, -0.05) is 30.3 Å². The van der Waals surface area contributed by atoms with E-state index in [1.54, 1.807) is 71.9 Å². The summed E-state index contributed by atoms with van der Waals surface area (Å²) in [6.07, 6.45) is 0.0619. The molecular weight excluding hydrogens is 466 g/mol. The molecule has 3 N–H and O–H groups in total. The number of aliphatic hydroxyl groups is 1. The Morgan fingerprint density at radius 2 is 1.67 bits per heavy atom. The van der Waals surface area contributed by atoms with Gasteiger partial charge in [0.25, 0.3) is 5.91 Å². The molecule has 0 unspecified atom stereocenters. The smallest absolute Gasteiger partial charge is 0.408 e. The van der Waals surface area contributed by atoms with E-state index < -0.39 is 53.2 Å². The molecule has 0 aliphatic carbocycles. The van der Waals surface area contributed by atoms with E-state index in [0.717, 1.165) is 0 Å². The minimum atomic E-state index is -1.10. The molecule has 2 aliphatic rings. The number of alkyl carbamates (subject to hydrolysis) is 1. The molecule has 0 aromatic heterocycles. The average Bonchev–Trinajstić information content (AvgIpc) is 2.78. The van der Waals surface area contributed by atoms with Crippen molar-refractivity contribution in [2.75, 3.05) is 6.61 Å². The molecule has 1 fully saturated rings. The topological polar surface area (TPSA) is 134 Å². The number of benzene rings is 1. The molecule has 1 saturated heterocycles. The first-order chi connectivity index (χ1) is 16.7. The first-order valence-electron chi connectivity index (χ1n) is 12.0. The summed E-state index contributed by atoms with van der Waals surface area (Å²) in [6.45, 7) is 9.91. The molecule has 10 nitrogen and oxygen atoms in total. The molecule has 196 valence electrons. The molecule has 10 heteroatoms. The third kappa shape index (κ3) is 6.23. The molecule has 0 bridgehead atoms. The fourth-order valence-corrected chi connectivity index (χ4v) is 4.22. The number of nitrogens with zero attached hydrogens (tertiary/aromatic N) is 1. The number of carbonyl (C=O) groups excluding carboxylic acids is 4. The highest BCUT2D eigenvalue weighted by Gasteiger charge is 2.54. The summed E-state index contributed by atoms with van der Waals surface area (Å²) in [6, 6.07) is 6.17. The van der Waals surface area contributed by atoms with Gasteiger partial charge in [-0.05, 0) is 65.5 Å². The molecule has 0 saturated carbocycles. The normalized spacial score (nSPS) is 20.6. The van der Waals surface area contributed by atoms with E-state index >= 15 is 0 Å². The van der Waals surface area contributed by atoms with Crippen molar-refractivity contribution >= 4 is 23.9 Å². The third-order valence-corrected chi connectivity index (χ3v) is 5.67. The van der Waals surface area contributed by atoms with Gasteiger partial charge in [-0.25, -0.2) is 9.59 Å². The highest BCUT2D eigenvalue weighted by atomic mass is 16.6. The number of hydrogen-bond acceptors (Lipinski definition) is 7. The molecule has 3 amide bonds. The predicted molar refractivity (Wildman–Crippen MR) is 130 cm³/mol. The summed E-state index contributed by atoms with van der Waals surface area (Å²) in [5.74, 6) is -1.76. The Labute approximate surface area is 211 Å². The van der Waals surface area contributed by atoms with Crippen LogP contribution in [0.25, 0.3) is 0 Å². The van der Waals surface area contributed by atoms with Gasteiger partial charge in [0.15, 0.2) is 0 Å². The number of esters is 1. The summed E-state index contributed by atoms with van der Waals surface area (Å²) >= 11 is 0. The zero-order valence-electron chi connectivity index (χ0n) is 21.6. The predicted octanol–water partition coefficient (Wildman–Crippen LogP) is 2.33. The molecule has 36 heavy (non-hydrogen) atoms. The summed E-state index contributed by atoms with van der Waals surface area (Å²) in [4.78, 5) is 53.0. The molecule has 1 aromatic carbocycles. The van der Waals surface area contributed by atoms with Crippen LogP contribution in [0.15, 0.2) is 41.6 Å². The number of hydrogen-bond donors (Lipinski definition) is 3. The Morgan fingerprint density at radius 3 is 2.22 bits per heavy atom. The summed E-state index contributed by atoms with van der Waals surface area (Å²) < 4.78 is 10.8. The Hall–Kier alpha value is -3.40. The first kappa shape index (κ1) is 27.2. The van der Waals surface area contributed by atoms with Crippen LogP contribution in [0.5, 0.6) is 0 Å². The van der Waals surface area contributed by atoms with Crippen LogP contribution in [-0.4, -0.2) is 63.8 Å². The molecule has 3 rings (SSSR count). The lowest BCUT2D eigenvalue weighted by atomic mass is 9.83. The number of amides is 3. The highest BCUT2D eigenvalue weighted by molar-refractivity contribution is 6.03. The van der Waals surface area contributed by atoms with Crippen molar-refractivity contribution in [1.82, 2.24) is 15.5 Å². The minimum Gasteiger partial charge on any atom is -0.455 e. The van der Waals surface area contributed by atoms with Crippen molar-refractivity contribution in [3.05, 3.63) is 47.2 Å². The Kier molecular flexibility index (Phi) is 7.78. The van der Waals surface area contributed by atoms with E-state index in [0.29, 0.717) is 24.0 Å². The highest BCUT2D eigenvalue weighted by Crippen LogP contribution is 2.37. The van der Waals surface area contributed by atoms with Crippen LogP contribution < -0.4 is 10.6 Å². The number of carbonyl (C=O) groups is 4. The lowest BCUT2D eigenvalue weighted by molar-refractivity contribution is -0.163. The minimum absolute atomic E-state index is 0.0330. The molecule has 2 heterocycles. The standard InChI is InChI=1S/C26H35N3O7/c1-25(2,3)35-23(33)20-16(14-30)12-13-17-19(22(32)29(17)20)27-21(31)18(15-10-8-7-9-11-15)28-24(34)36-26(4,5)6/h7-11,17-19,30H,12-14H2,1-6H3,(H,27,31)(H,28,34)/t17-,18-,19+/m1/s1. The van der Waals surface area contributed by atoms with E-state index in [2.05, 4.69) is 10.6 Å². The van der Waals surface area contributed by atoms with Gasteiger partial charge in [0.05, 0.1) is 12.6 Å². The maximum Gasteiger partial charge on any atom is 0.408 e. The van der Waals surface area contributed by atoms with E-state index in [-0.39, 0.29) is 12.3 Å². The van der Waals surface area contributed by atoms with Gasteiger partial charge in [-0.2, -0.15) is 0 Å². The Bertz CT molecular complexity index is 1050. The molecule has 0 spiro atoms. The van der Waals surface area contributed by atoms with Gasteiger partial charge < -0.3 is 25.2 Å². The van der Waals surface area contributed by atoms with E-state index in [9.17, 15) is 24.3 Å². The van der Waals surface area contributed by atoms with Crippen molar-refractivity contribution < 1.29 is 33.8 Å². The van der Waals surface area contributed by atoms with Crippen molar-refractivity contribution in [3.63, 3.8) is 0 Å². The van der Waals surface area contributed by atoms with Gasteiger partial charge in [0.2, 0.25) is 5.91 Å². The maximum absolute atomic E-state index is 13.3. The van der Waals surface area contributed by atoms with Crippen LogP contribution in [-0.2, 0) is 23.9 Å². The van der Waals surface area contributed by atoms with Gasteiger partial charge in [0.1, 0.15) is 29.0 Å². The second-order valence-electron chi connectivity index (χ2n) is 10.9. The van der Waals surface area contributed by atoms with Crippen LogP contribution in [0.1, 0.15) is 66.0 Å². The molecular formula is C26H35N3O7. The summed E-state index contributed by atoms with van der Waals surface area (Å²) in [7, 11) is 0. The van der Waals surface area contributed by atoms with Gasteiger partial charge >= 0.3 is 12.1 Å². The van der Waals surface area contributed by atoms with Crippen molar-refractivity contribution in [2.24, 2.45) is 0 Å². The van der Waals surface area contributed by atoms with Crippen LogP contribution >= 0.6 is 0 Å². The number of aliphatic hydroxyl groups excluding tert-OH is 1.